The molecule has 0 saturated heterocycles. The van der Waals surface area contributed by atoms with Crippen LogP contribution in [0.2, 0.25) is 0 Å². The highest BCUT2D eigenvalue weighted by atomic mass is 16.5. The van der Waals surface area contributed by atoms with Crippen LogP contribution in [0.15, 0.2) is 18.2 Å². The number of hydrogen-bond acceptors (Lipinski definition) is 3. The van der Waals surface area contributed by atoms with Crippen LogP contribution in [0.5, 0.6) is 5.75 Å². The second kappa shape index (κ2) is 8.95. The van der Waals surface area contributed by atoms with E-state index in [2.05, 4.69) is 19.9 Å². The van der Waals surface area contributed by atoms with E-state index in [1.54, 1.807) is 0 Å². The Morgan fingerprint density at radius 3 is 2.61 bits per heavy atom. The van der Waals surface area contributed by atoms with Crippen LogP contribution < -0.4 is 10.5 Å². The van der Waals surface area contributed by atoms with Gasteiger partial charge in [-0.1, -0.05) is 12.1 Å². The van der Waals surface area contributed by atoms with Gasteiger partial charge < -0.3 is 15.2 Å². The molecule has 0 spiro atoms. The van der Waals surface area contributed by atoms with E-state index in [-0.39, 0.29) is 0 Å². The van der Waals surface area contributed by atoms with Crippen molar-refractivity contribution in [3.63, 3.8) is 0 Å². The smallest absolute Gasteiger partial charge is 0.122 e. The van der Waals surface area contributed by atoms with Gasteiger partial charge in [-0.25, -0.2) is 0 Å². The number of unbranched alkanes of at least 4 members (excludes halogenated alkanes) is 2. The highest BCUT2D eigenvalue weighted by Crippen LogP contribution is 2.20. The molecule has 0 aliphatic heterocycles. The summed E-state index contributed by atoms with van der Waals surface area (Å²) in [6.07, 6.45) is 3.32. The second-order valence-electron chi connectivity index (χ2n) is 4.51. The zero-order valence-corrected chi connectivity index (χ0v) is 11.6. The van der Waals surface area contributed by atoms with Gasteiger partial charge >= 0.3 is 0 Å². The van der Waals surface area contributed by atoms with Crippen molar-refractivity contribution in [2.75, 3.05) is 26.4 Å². The molecular weight excluding hydrogens is 226 g/mol. The lowest BCUT2D eigenvalue weighted by molar-refractivity contribution is 0.0970. The number of hydrogen-bond donors (Lipinski definition) is 1. The van der Waals surface area contributed by atoms with Crippen molar-refractivity contribution in [1.29, 1.82) is 0 Å². The van der Waals surface area contributed by atoms with Gasteiger partial charge in [0.2, 0.25) is 0 Å². The number of ether oxygens (including phenoxy) is 2. The molecule has 18 heavy (non-hydrogen) atoms. The molecule has 0 heterocycles. The Balaban J connectivity index is 2.09. The predicted molar refractivity (Wildman–Crippen MR) is 75.1 cm³/mol. The summed E-state index contributed by atoms with van der Waals surface area (Å²) in [5.41, 5.74) is 7.89. The number of rotatable bonds is 9. The fourth-order valence-corrected chi connectivity index (χ4v) is 1.72. The zero-order chi connectivity index (χ0) is 13.2. The Hall–Kier alpha value is -1.06. The summed E-state index contributed by atoms with van der Waals surface area (Å²) >= 11 is 0. The van der Waals surface area contributed by atoms with Gasteiger partial charge in [-0.05, 0) is 56.8 Å². The molecule has 3 heteroatoms. The van der Waals surface area contributed by atoms with Gasteiger partial charge in [0.1, 0.15) is 12.4 Å². The summed E-state index contributed by atoms with van der Waals surface area (Å²) in [5, 5.41) is 0. The van der Waals surface area contributed by atoms with E-state index in [0.29, 0.717) is 13.2 Å². The largest absolute Gasteiger partial charge is 0.491 e. The van der Waals surface area contributed by atoms with E-state index in [4.69, 9.17) is 15.2 Å². The third-order valence-electron chi connectivity index (χ3n) is 3.03. The first-order chi connectivity index (χ1) is 8.75. The second-order valence-corrected chi connectivity index (χ2v) is 4.51. The van der Waals surface area contributed by atoms with Crippen LogP contribution in [0.25, 0.3) is 0 Å². The fourth-order valence-electron chi connectivity index (χ4n) is 1.72. The molecule has 0 aromatic heterocycles. The van der Waals surface area contributed by atoms with Gasteiger partial charge in [0.15, 0.2) is 0 Å². The maximum atomic E-state index is 5.70. The average Bonchev–Trinajstić information content (AvgIpc) is 2.37. The predicted octanol–water partition coefficient (Wildman–Crippen LogP) is 2.83. The molecule has 0 atom stereocenters. The van der Waals surface area contributed by atoms with Crippen LogP contribution in [0, 0.1) is 13.8 Å². The molecule has 1 rings (SSSR count). The van der Waals surface area contributed by atoms with E-state index < -0.39 is 0 Å². The third kappa shape index (κ3) is 5.52. The lowest BCUT2D eigenvalue weighted by Gasteiger charge is -2.11. The number of benzene rings is 1. The molecule has 0 radical (unpaired) electrons. The maximum absolute atomic E-state index is 5.70. The molecule has 0 aliphatic carbocycles. The summed E-state index contributed by atoms with van der Waals surface area (Å²) in [6.45, 7) is 7.01. The zero-order valence-electron chi connectivity index (χ0n) is 11.6. The molecule has 0 fully saturated rings. The molecule has 1 aromatic rings. The molecule has 102 valence electrons. The fraction of sp³-hybridized carbons (Fsp3) is 0.600. The Morgan fingerprint density at radius 1 is 1.00 bits per heavy atom. The summed E-state index contributed by atoms with van der Waals surface area (Å²) in [5.74, 6) is 0.960. The molecule has 0 aliphatic rings. The van der Waals surface area contributed by atoms with Crippen LogP contribution in [-0.4, -0.2) is 26.4 Å². The summed E-state index contributed by atoms with van der Waals surface area (Å²) < 4.78 is 11.2. The minimum absolute atomic E-state index is 0.612. The van der Waals surface area contributed by atoms with Crippen LogP contribution in [-0.2, 0) is 4.74 Å². The van der Waals surface area contributed by atoms with Crippen LogP contribution in [0.4, 0.5) is 0 Å². The molecule has 0 unspecified atom stereocenters. The highest BCUT2D eigenvalue weighted by Gasteiger charge is 2.00. The van der Waals surface area contributed by atoms with E-state index in [0.717, 1.165) is 38.2 Å². The first-order valence-corrected chi connectivity index (χ1v) is 6.72. The number of aryl methyl sites for hydroxylation is 1. The Morgan fingerprint density at radius 2 is 1.83 bits per heavy atom. The van der Waals surface area contributed by atoms with Gasteiger partial charge in [-0.15, -0.1) is 0 Å². The van der Waals surface area contributed by atoms with Gasteiger partial charge in [-0.2, -0.15) is 0 Å². The van der Waals surface area contributed by atoms with Crippen molar-refractivity contribution in [2.24, 2.45) is 5.73 Å². The standard InChI is InChI=1S/C15H25NO2/c1-13-7-6-8-15(14(13)2)18-12-11-17-10-5-3-4-9-16/h6-8H,3-5,9-12,16H2,1-2H3. The van der Waals surface area contributed by atoms with Crippen molar-refractivity contribution in [3.05, 3.63) is 29.3 Å². The summed E-state index contributed by atoms with van der Waals surface area (Å²) in [7, 11) is 0. The molecular formula is C15H25NO2. The normalized spacial score (nSPS) is 10.6. The van der Waals surface area contributed by atoms with Crippen molar-refractivity contribution in [2.45, 2.75) is 33.1 Å². The van der Waals surface area contributed by atoms with E-state index in [1.807, 2.05) is 12.1 Å². The average molecular weight is 251 g/mol. The number of nitrogens with two attached hydrogens (primary N) is 1. The molecule has 0 bridgehead atoms. The molecule has 0 amide bonds. The van der Waals surface area contributed by atoms with Crippen molar-refractivity contribution < 1.29 is 9.47 Å². The van der Waals surface area contributed by atoms with Gasteiger partial charge in [0.25, 0.3) is 0 Å². The summed E-state index contributed by atoms with van der Waals surface area (Å²) in [6, 6.07) is 6.12. The monoisotopic (exact) mass is 251 g/mol. The lowest BCUT2D eigenvalue weighted by Crippen LogP contribution is -2.08. The van der Waals surface area contributed by atoms with Crippen molar-refractivity contribution in [1.82, 2.24) is 0 Å². The SMILES string of the molecule is Cc1cccc(OCCOCCCCCN)c1C. The van der Waals surface area contributed by atoms with Crippen LogP contribution in [0.1, 0.15) is 30.4 Å². The highest BCUT2D eigenvalue weighted by molar-refractivity contribution is 5.38. The minimum atomic E-state index is 0.612. The third-order valence-corrected chi connectivity index (χ3v) is 3.03. The van der Waals surface area contributed by atoms with Crippen molar-refractivity contribution in [3.8, 4) is 5.75 Å². The van der Waals surface area contributed by atoms with E-state index in [1.165, 1.54) is 11.1 Å². The first kappa shape index (κ1) is 15.0. The maximum Gasteiger partial charge on any atom is 0.122 e. The molecule has 2 N–H and O–H groups in total. The lowest BCUT2D eigenvalue weighted by atomic mass is 10.1. The van der Waals surface area contributed by atoms with Gasteiger partial charge in [0.05, 0.1) is 6.61 Å². The van der Waals surface area contributed by atoms with Crippen LogP contribution in [0.3, 0.4) is 0 Å². The van der Waals surface area contributed by atoms with E-state index in [9.17, 15) is 0 Å². The van der Waals surface area contributed by atoms with E-state index >= 15 is 0 Å². The first-order valence-electron chi connectivity index (χ1n) is 6.72. The van der Waals surface area contributed by atoms with Crippen LogP contribution >= 0.6 is 0 Å². The quantitative estimate of drug-likeness (QED) is 0.686. The summed E-state index contributed by atoms with van der Waals surface area (Å²) in [4.78, 5) is 0. The topological polar surface area (TPSA) is 44.5 Å². The molecule has 1 aromatic carbocycles. The van der Waals surface area contributed by atoms with Gasteiger partial charge in [-0.3, -0.25) is 0 Å². The Labute approximate surface area is 110 Å². The van der Waals surface area contributed by atoms with Crippen molar-refractivity contribution >= 4 is 0 Å². The van der Waals surface area contributed by atoms with Gasteiger partial charge in [0, 0.05) is 6.61 Å². The molecule has 3 nitrogen and oxygen atoms in total. The Kier molecular flexibility index (Phi) is 7.46. The molecule has 0 saturated carbocycles. The Bertz CT molecular complexity index is 339. The minimum Gasteiger partial charge on any atom is -0.491 e.